The smallest absolute Gasteiger partial charge is 0.254 e. The second-order valence-electron chi connectivity index (χ2n) is 5.15. The van der Waals surface area contributed by atoms with Crippen LogP contribution in [0.4, 0.5) is 5.69 Å². The molecule has 1 amide bonds. The second-order valence-corrected chi connectivity index (χ2v) is 9.18. The zero-order chi connectivity index (χ0) is 20.2. The predicted molar refractivity (Wildman–Crippen MR) is 119 cm³/mol. The number of carbonyl (C=O) groups is 1. The van der Waals surface area contributed by atoms with Crippen LogP contribution in [-0.4, -0.2) is 21.0 Å². The highest BCUT2D eigenvalue weighted by Gasteiger charge is 2.35. The summed E-state index contributed by atoms with van der Waals surface area (Å²) in [6, 6.07) is 11.3. The molecule has 0 heterocycles. The molecule has 2 rings (SSSR count). The highest BCUT2D eigenvalue weighted by atomic mass is 35.6. The molecule has 0 aliphatic heterocycles. The lowest BCUT2D eigenvalue weighted by Crippen LogP contribution is -2.56. The second kappa shape index (κ2) is 9.70. The Bertz CT molecular complexity index is 858. The number of rotatable bonds is 4. The largest absolute Gasteiger partial charge is 0.339 e. The van der Waals surface area contributed by atoms with Crippen molar-refractivity contribution >= 4 is 98.5 Å². The number of anilines is 1. The summed E-state index contributed by atoms with van der Waals surface area (Å²) >= 11 is 41.0. The van der Waals surface area contributed by atoms with Gasteiger partial charge in [0.05, 0.1) is 21.3 Å². The number of carbonyl (C=O) groups excluding carboxylic acids is 1. The van der Waals surface area contributed by atoms with Crippen molar-refractivity contribution < 1.29 is 4.79 Å². The fourth-order valence-corrected chi connectivity index (χ4v) is 3.17. The first-order valence-electron chi connectivity index (χ1n) is 7.22. The van der Waals surface area contributed by atoms with E-state index < -0.39 is 15.9 Å². The van der Waals surface area contributed by atoms with E-state index in [0.29, 0.717) is 15.7 Å². The van der Waals surface area contributed by atoms with Crippen LogP contribution in [-0.2, 0) is 0 Å². The third-order valence-electron chi connectivity index (χ3n) is 3.18. The molecule has 0 radical (unpaired) electrons. The van der Waals surface area contributed by atoms with Gasteiger partial charge in [-0.2, -0.15) is 0 Å². The molecule has 0 spiro atoms. The van der Waals surface area contributed by atoms with E-state index in [-0.39, 0.29) is 15.7 Å². The van der Waals surface area contributed by atoms with E-state index in [1.807, 2.05) is 0 Å². The summed E-state index contributed by atoms with van der Waals surface area (Å²) in [6.07, 6.45) is -1.16. The van der Waals surface area contributed by atoms with Crippen molar-refractivity contribution in [3.63, 3.8) is 0 Å². The lowest BCUT2D eigenvalue weighted by molar-refractivity contribution is 0.0934. The molecule has 0 unspecified atom stereocenters. The first-order chi connectivity index (χ1) is 12.6. The van der Waals surface area contributed by atoms with Crippen LogP contribution in [0.15, 0.2) is 42.5 Å². The molecule has 3 N–H and O–H groups in total. The van der Waals surface area contributed by atoms with Crippen molar-refractivity contribution in [2.45, 2.75) is 9.96 Å². The first-order valence-corrected chi connectivity index (χ1v) is 9.90. The summed E-state index contributed by atoms with van der Waals surface area (Å²) in [5, 5.41) is 9.24. The van der Waals surface area contributed by atoms with Gasteiger partial charge in [0.25, 0.3) is 5.91 Å². The van der Waals surface area contributed by atoms with Gasteiger partial charge in [-0.15, -0.1) is 0 Å². The number of halogens is 6. The third-order valence-corrected chi connectivity index (χ3v) is 4.93. The zero-order valence-corrected chi connectivity index (χ0v) is 18.6. The van der Waals surface area contributed by atoms with Crippen LogP contribution in [0, 0.1) is 0 Å². The molecule has 0 bridgehead atoms. The van der Waals surface area contributed by atoms with Crippen LogP contribution >= 0.6 is 81.8 Å². The number of hydrogen-bond acceptors (Lipinski definition) is 2. The Morgan fingerprint density at radius 3 is 2.22 bits per heavy atom. The monoisotopic (exact) mass is 503 g/mol. The van der Waals surface area contributed by atoms with Gasteiger partial charge in [-0.25, -0.2) is 0 Å². The van der Waals surface area contributed by atoms with Crippen molar-refractivity contribution in [1.29, 1.82) is 0 Å². The summed E-state index contributed by atoms with van der Waals surface area (Å²) in [5.41, 5.74) is 0.707. The van der Waals surface area contributed by atoms with Crippen LogP contribution in [0.1, 0.15) is 10.4 Å². The average Bonchev–Trinajstić information content (AvgIpc) is 2.56. The molecule has 0 saturated heterocycles. The van der Waals surface area contributed by atoms with E-state index in [9.17, 15) is 4.79 Å². The van der Waals surface area contributed by atoms with Gasteiger partial charge in [0.2, 0.25) is 3.79 Å². The van der Waals surface area contributed by atoms with Gasteiger partial charge in [0, 0.05) is 5.02 Å². The van der Waals surface area contributed by atoms with Crippen LogP contribution in [0.2, 0.25) is 15.1 Å². The molecule has 2 aromatic rings. The Hall–Kier alpha value is -0.660. The van der Waals surface area contributed by atoms with Gasteiger partial charge in [-0.3, -0.25) is 4.79 Å². The maximum absolute atomic E-state index is 12.4. The molecular formula is C16H11Cl6N3OS. The predicted octanol–water partition coefficient (Wildman–Crippen LogP) is 6.06. The molecule has 0 aliphatic carbocycles. The van der Waals surface area contributed by atoms with E-state index in [1.54, 1.807) is 36.4 Å². The maximum Gasteiger partial charge on any atom is 0.254 e. The Labute approximate surface area is 191 Å². The Morgan fingerprint density at radius 2 is 1.63 bits per heavy atom. The van der Waals surface area contributed by atoms with Crippen molar-refractivity contribution in [2.75, 3.05) is 5.32 Å². The molecule has 0 aromatic heterocycles. The average molecular weight is 506 g/mol. The number of amides is 1. The normalized spacial score (nSPS) is 12.2. The van der Waals surface area contributed by atoms with Crippen molar-refractivity contribution in [1.82, 2.24) is 10.6 Å². The lowest BCUT2D eigenvalue weighted by Gasteiger charge is -2.28. The summed E-state index contributed by atoms with van der Waals surface area (Å²) in [5.74, 6) is -0.545. The summed E-state index contributed by atoms with van der Waals surface area (Å²) < 4.78 is -1.91. The highest BCUT2D eigenvalue weighted by Crippen LogP contribution is 2.30. The lowest BCUT2D eigenvalue weighted by atomic mass is 10.2. The summed E-state index contributed by atoms with van der Waals surface area (Å²) in [7, 11) is 0. The van der Waals surface area contributed by atoms with Gasteiger partial charge in [-0.05, 0) is 42.5 Å². The molecule has 0 aliphatic rings. The number of hydrogen-bond donors (Lipinski definition) is 3. The minimum absolute atomic E-state index is 0.0648. The van der Waals surface area contributed by atoms with Gasteiger partial charge < -0.3 is 16.0 Å². The van der Waals surface area contributed by atoms with Crippen molar-refractivity contribution in [2.24, 2.45) is 0 Å². The number of benzene rings is 2. The maximum atomic E-state index is 12.4. The molecular weight excluding hydrogens is 495 g/mol. The van der Waals surface area contributed by atoms with E-state index >= 15 is 0 Å². The van der Waals surface area contributed by atoms with Crippen LogP contribution < -0.4 is 16.0 Å². The van der Waals surface area contributed by atoms with E-state index in [0.717, 1.165) is 0 Å². The van der Waals surface area contributed by atoms with E-state index in [1.165, 1.54) is 6.07 Å². The zero-order valence-electron chi connectivity index (χ0n) is 13.2. The minimum Gasteiger partial charge on any atom is -0.339 e. The first kappa shape index (κ1) is 22.6. The standard InChI is InChI=1S/C16H11Cl6N3OS/c17-8-5-6-12(11(19)7-8)23-15(27)25-14(16(20,21)22)24-13(26)9-3-1-2-4-10(9)18/h1-7,14H,(H,24,26)(H2,23,25,27)/t14-/m0/s1. The molecule has 0 saturated carbocycles. The highest BCUT2D eigenvalue weighted by molar-refractivity contribution is 7.80. The molecule has 2 aromatic carbocycles. The molecule has 27 heavy (non-hydrogen) atoms. The number of alkyl halides is 3. The Balaban J connectivity index is 2.11. The Morgan fingerprint density at radius 1 is 0.963 bits per heavy atom. The number of nitrogens with one attached hydrogen (secondary N) is 3. The molecule has 1 atom stereocenters. The summed E-state index contributed by atoms with van der Waals surface area (Å²) in [6.45, 7) is 0. The molecule has 0 fully saturated rings. The fourth-order valence-electron chi connectivity index (χ4n) is 1.93. The van der Waals surface area contributed by atoms with E-state index in [2.05, 4.69) is 16.0 Å². The van der Waals surface area contributed by atoms with Crippen LogP contribution in [0.25, 0.3) is 0 Å². The Kier molecular flexibility index (Phi) is 8.13. The molecule has 4 nitrogen and oxygen atoms in total. The topological polar surface area (TPSA) is 53.2 Å². The van der Waals surface area contributed by atoms with Gasteiger partial charge in [0.15, 0.2) is 5.11 Å². The minimum atomic E-state index is -1.91. The number of thiocarbonyl (C=S) groups is 1. The van der Waals surface area contributed by atoms with Gasteiger partial charge >= 0.3 is 0 Å². The van der Waals surface area contributed by atoms with Gasteiger partial charge in [-0.1, -0.05) is 81.7 Å². The van der Waals surface area contributed by atoms with Crippen molar-refractivity contribution in [3.8, 4) is 0 Å². The summed E-state index contributed by atoms with van der Waals surface area (Å²) in [4.78, 5) is 12.4. The van der Waals surface area contributed by atoms with E-state index in [4.69, 9.17) is 81.8 Å². The molecule has 11 heteroatoms. The SMILES string of the molecule is O=C(N[C@@H](NC(=S)Nc1ccc(Cl)cc1Cl)C(Cl)(Cl)Cl)c1ccccc1Cl. The quantitative estimate of drug-likeness (QED) is 0.268. The van der Waals surface area contributed by atoms with Gasteiger partial charge in [0.1, 0.15) is 6.17 Å². The van der Waals surface area contributed by atoms with Crippen molar-refractivity contribution in [3.05, 3.63) is 63.1 Å². The van der Waals surface area contributed by atoms with Crippen LogP contribution in [0.3, 0.4) is 0 Å². The molecule has 144 valence electrons. The third kappa shape index (κ3) is 6.71. The van der Waals surface area contributed by atoms with Crippen LogP contribution in [0.5, 0.6) is 0 Å². The fraction of sp³-hybridized carbons (Fsp3) is 0.125.